The number of fused-ring (bicyclic) bond motifs is 1. The van der Waals surface area contributed by atoms with Crippen LogP contribution >= 0.6 is 11.6 Å². The van der Waals surface area contributed by atoms with E-state index in [1.807, 2.05) is 6.92 Å². The number of benzene rings is 1. The molecule has 0 aliphatic rings. The summed E-state index contributed by atoms with van der Waals surface area (Å²) in [7, 11) is 0. The van der Waals surface area contributed by atoms with Crippen LogP contribution in [0.3, 0.4) is 0 Å². The molecule has 1 aromatic heterocycles. The van der Waals surface area contributed by atoms with Gasteiger partial charge in [-0.05, 0) is 37.5 Å². The van der Waals surface area contributed by atoms with Crippen LogP contribution in [0.5, 0.6) is 0 Å². The minimum absolute atomic E-state index is 0.104. The Balaban J connectivity index is 2.24. The molecule has 20 heavy (non-hydrogen) atoms. The second-order valence-corrected chi connectivity index (χ2v) is 6.35. The van der Waals surface area contributed by atoms with E-state index in [1.165, 1.54) is 5.56 Å². The van der Waals surface area contributed by atoms with Gasteiger partial charge in [0.15, 0.2) is 0 Å². The zero-order valence-corrected chi connectivity index (χ0v) is 13.4. The number of imidazole rings is 1. The maximum Gasteiger partial charge on any atom is 0.127 e. The first-order valence-corrected chi connectivity index (χ1v) is 7.61. The van der Waals surface area contributed by atoms with Gasteiger partial charge in [0.2, 0.25) is 0 Å². The summed E-state index contributed by atoms with van der Waals surface area (Å²) in [4.78, 5) is 4.64. The standard InChI is InChI=1S/C16H23ClN2O/c1-11(2)10-20-8-7-19-15-9-12(3)5-6-14(15)18-16(19)13(4)17/h5-6,9,11,13H,7-8,10H2,1-4H3. The molecule has 0 N–H and O–H groups in total. The van der Waals surface area contributed by atoms with E-state index < -0.39 is 0 Å². The molecule has 0 saturated carbocycles. The first-order valence-electron chi connectivity index (χ1n) is 7.17. The number of rotatable bonds is 6. The van der Waals surface area contributed by atoms with Crippen LogP contribution in [0.15, 0.2) is 18.2 Å². The molecule has 1 atom stereocenters. The van der Waals surface area contributed by atoms with E-state index in [9.17, 15) is 0 Å². The molecular weight excluding hydrogens is 272 g/mol. The summed E-state index contributed by atoms with van der Waals surface area (Å²) in [5.74, 6) is 1.48. The summed E-state index contributed by atoms with van der Waals surface area (Å²) in [6.45, 7) is 10.6. The van der Waals surface area contributed by atoms with Gasteiger partial charge in [-0.3, -0.25) is 0 Å². The van der Waals surface area contributed by atoms with E-state index in [-0.39, 0.29) is 5.38 Å². The van der Waals surface area contributed by atoms with E-state index in [0.29, 0.717) is 12.5 Å². The minimum atomic E-state index is -0.104. The second kappa shape index (κ2) is 6.59. The smallest absolute Gasteiger partial charge is 0.127 e. The molecule has 0 amide bonds. The van der Waals surface area contributed by atoms with Crippen molar-refractivity contribution >= 4 is 22.6 Å². The molecule has 0 aliphatic heterocycles. The molecule has 2 aromatic rings. The van der Waals surface area contributed by atoms with Crippen LogP contribution in [0.1, 0.15) is 37.5 Å². The topological polar surface area (TPSA) is 27.1 Å². The molecule has 4 heteroatoms. The first kappa shape index (κ1) is 15.3. The van der Waals surface area contributed by atoms with Crippen LogP contribution in [0.25, 0.3) is 11.0 Å². The Labute approximate surface area is 125 Å². The van der Waals surface area contributed by atoms with Gasteiger partial charge in [-0.25, -0.2) is 4.98 Å². The van der Waals surface area contributed by atoms with Crippen LogP contribution in [0, 0.1) is 12.8 Å². The van der Waals surface area contributed by atoms with Gasteiger partial charge in [0.05, 0.1) is 23.0 Å². The lowest BCUT2D eigenvalue weighted by molar-refractivity contribution is 0.103. The van der Waals surface area contributed by atoms with E-state index in [0.717, 1.165) is 30.0 Å². The lowest BCUT2D eigenvalue weighted by atomic mass is 10.2. The van der Waals surface area contributed by atoms with Gasteiger partial charge in [-0.1, -0.05) is 19.9 Å². The fourth-order valence-electron chi connectivity index (χ4n) is 2.26. The van der Waals surface area contributed by atoms with Crippen LogP contribution in [-0.4, -0.2) is 22.8 Å². The third-order valence-corrected chi connectivity index (χ3v) is 3.39. The Hall–Kier alpha value is -1.06. The van der Waals surface area contributed by atoms with Crippen molar-refractivity contribution in [2.45, 2.75) is 39.6 Å². The molecule has 0 radical (unpaired) electrons. The molecule has 1 unspecified atom stereocenters. The number of nitrogens with zero attached hydrogens (tertiary/aromatic N) is 2. The SMILES string of the molecule is Cc1ccc2nc(C(C)Cl)n(CCOCC(C)C)c2c1. The zero-order chi connectivity index (χ0) is 14.7. The first-order chi connectivity index (χ1) is 9.49. The number of aromatic nitrogens is 2. The predicted molar refractivity (Wildman–Crippen MR) is 84.4 cm³/mol. The highest BCUT2D eigenvalue weighted by molar-refractivity contribution is 6.20. The Kier molecular flexibility index (Phi) is 5.06. The fourth-order valence-corrected chi connectivity index (χ4v) is 2.43. The highest BCUT2D eigenvalue weighted by Crippen LogP contribution is 2.25. The minimum Gasteiger partial charge on any atom is -0.379 e. The molecule has 0 aliphatic carbocycles. The normalized spacial score (nSPS) is 13.3. The van der Waals surface area contributed by atoms with Crippen molar-refractivity contribution in [3.8, 4) is 0 Å². The molecule has 0 fully saturated rings. The molecule has 0 spiro atoms. The summed E-state index contributed by atoms with van der Waals surface area (Å²) in [5, 5.41) is -0.104. The highest BCUT2D eigenvalue weighted by atomic mass is 35.5. The van der Waals surface area contributed by atoms with E-state index in [2.05, 4.69) is 48.5 Å². The molecule has 2 rings (SSSR count). The molecule has 110 valence electrons. The lowest BCUT2D eigenvalue weighted by Crippen LogP contribution is -2.12. The number of alkyl halides is 1. The van der Waals surface area contributed by atoms with E-state index in [1.54, 1.807) is 0 Å². The lowest BCUT2D eigenvalue weighted by Gasteiger charge is -2.12. The summed E-state index contributed by atoms with van der Waals surface area (Å²) in [5.41, 5.74) is 3.37. The quantitative estimate of drug-likeness (QED) is 0.586. The van der Waals surface area contributed by atoms with Crippen LogP contribution in [-0.2, 0) is 11.3 Å². The van der Waals surface area contributed by atoms with Gasteiger partial charge in [-0.15, -0.1) is 11.6 Å². The molecule has 0 saturated heterocycles. The third kappa shape index (κ3) is 3.53. The van der Waals surface area contributed by atoms with Crippen molar-refractivity contribution in [3.63, 3.8) is 0 Å². The predicted octanol–water partition coefficient (Wildman–Crippen LogP) is 4.32. The number of halogens is 1. The number of aryl methyl sites for hydroxylation is 1. The number of ether oxygens (including phenoxy) is 1. The Morgan fingerprint density at radius 2 is 2.05 bits per heavy atom. The average molecular weight is 295 g/mol. The largest absolute Gasteiger partial charge is 0.379 e. The van der Waals surface area contributed by atoms with Gasteiger partial charge in [0.1, 0.15) is 5.82 Å². The zero-order valence-electron chi connectivity index (χ0n) is 12.7. The van der Waals surface area contributed by atoms with Crippen LogP contribution < -0.4 is 0 Å². The second-order valence-electron chi connectivity index (χ2n) is 5.70. The van der Waals surface area contributed by atoms with Crippen molar-refractivity contribution in [1.82, 2.24) is 9.55 Å². The van der Waals surface area contributed by atoms with Crippen LogP contribution in [0.2, 0.25) is 0 Å². The summed E-state index contributed by atoms with van der Waals surface area (Å²) in [6.07, 6.45) is 0. The summed E-state index contributed by atoms with van der Waals surface area (Å²) < 4.78 is 7.87. The summed E-state index contributed by atoms with van der Waals surface area (Å²) >= 11 is 6.26. The van der Waals surface area contributed by atoms with Gasteiger partial charge in [0, 0.05) is 13.2 Å². The van der Waals surface area contributed by atoms with Crippen molar-refractivity contribution in [2.24, 2.45) is 5.92 Å². The average Bonchev–Trinajstić information content (AvgIpc) is 2.73. The Bertz CT molecular complexity index is 575. The molecule has 1 aromatic carbocycles. The number of hydrogen-bond donors (Lipinski definition) is 0. The van der Waals surface area contributed by atoms with Gasteiger partial charge < -0.3 is 9.30 Å². The van der Waals surface area contributed by atoms with Gasteiger partial charge >= 0.3 is 0 Å². The third-order valence-electron chi connectivity index (χ3n) is 3.20. The maximum atomic E-state index is 6.26. The van der Waals surface area contributed by atoms with E-state index >= 15 is 0 Å². The maximum absolute atomic E-state index is 6.26. The van der Waals surface area contributed by atoms with Gasteiger partial charge in [0.25, 0.3) is 0 Å². The van der Waals surface area contributed by atoms with Crippen molar-refractivity contribution in [2.75, 3.05) is 13.2 Å². The highest BCUT2D eigenvalue weighted by Gasteiger charge is 2.14. The summed E-state index contributed by atoms with van der Waals surface area (Å²) in [6, 6.07) is 6.30. The Morgan fingerprint density at radius 3 is 2.70 bits per heavy atom. The van der Waals surface area contributed by atoms with Crippen molar-refractivity contribution in [1.29, 1.82) is 0 Å². The fraction of sp³-hybridized carbons (Fsp3) is 0.562. The molecular formula is C16H23ClN2O. The van der Waals surface area contributed by atoms with Crippen LogP contribution in [0.4, 0.5) is 0 Å². The molecule has 1 heterocycles. The van der Waals surface area contributed by atoms with E-state index in [4.69, 9.17) is 16.3 Å². The molecule has 0 bridgehead atoms. The molecule has 3 nitrogen and oxygen atoms in total. The van der Waals surface area contributed by atoms with Gasteiger partial charge in [-0.2, -0.15) is 0 Å². The number of hydrogen-bond acceptors (Lipinski definition) is 2. The van der Waals surface area contributed by atoms with Crippen molar-refractivity contribution < 1.29 is 4.74 Å². The Morgan fingerprint density at radius 1 is 1.30 bits per heavy atom. The van der Waals surface area contributed by atoms with Crippen molar-refractivity contribution in [3.05, 3.63) is 29.6 Å². The monoisotopic (exact) mass is 294 g/mol.